The number of piperazine rings is 1. The molecule has 2 fully saturated rings. The van der Waals surface area contributed by atoms with Gasteiger partial charge in [-0.1, -0.05) is 23.2 Å². The fourth-order valence-corrected chi connectivity index (χ4v) is 3.45. The van der Waals surface area contributed by atoms with Crippen LogP contribution in [-0.4, -0.2) is 78.7 Å². The maximum atomic E-state index is 12.3. The van der Waals surface area contributed by atoms with Gasteiger partial charge < -0.3 is 15.3 Å². The van der Waals surface area contributed by atoms with Crippen LogP contribution < -0.4 is 10.6 Å². The van der Waals surface area contributed by atoms with E-state index in [0.29, 0.717) is 22.5 Å². The standard InChI is InChI=1S/C15H22Cl2N4O2/c16-11-5-13(14(22)6-12(11)17)19-9-15(23)21-3-1-20(2-4-21)10-7-18-8-10/h6,10,13,18-19,22H,1-5,7-9H2. The molecule has 0 aromatic rings. The van der Waals surface area contributed by atoms with E-state index < -0.39 is 0 Å². The van der Waals surface area contributed by atoms with Crippen molar-refractivity contribution in [3.8, 4) is 0 Å². The summed E-state index contributed by atoms with van der Waals surface area (Å²) < 4.78 is 0. The maximum absolute atomic E-state index is 12.3. The molecule has 128 valence electrons. The first-order valence-corrected chi connectivity index (χ1v) is 8.71. The highest BCUT2D eigenvalue weighted by Crippen LogP contribution is 2.28. The van der Waals surface area contributed by atoms with Crippen molar-refractivity contribution in [1.29, 1.82) is 0 Å². The number of aliphatic hydroxyl groups is 1. The third kappa shape index (κ3) is 4.00. The molecule has 1 amide bonds. The molecule has 1 aliphatic carbocycles. The minimum Gasteiger partial charge on any atom is -0.511 e. The highest BCUT2D eigenvalue weighted by molar-refractivity contribution is 6.40. The summed E-state index contributed by atoms with van der Waals surface area (Å²) in [4.78, 5) is 16.6. The van der Waals surface area contributed by atoms with Crippen molar-refractivity contribution in [2.45, 2.75) is 18.5 Å². The van der Waals surface area contributed by atoms with Gasteiger partial charge in [-0.2, -0.15) is 0 Å². The molecule has 0 spiro atoms. The van der Waals surface area contributed by atoms with Gasteiger partial charge in [-0.15, -0.1) is 0 Å². The van der Waals surface area contributed by atoms with E-state index in [2.05, 4.69) is 15.5 Å². The van der Waals surface area contributed by atoms with Crippen LogP contribution in [-0.2, 0) is 4.79 Å². The third-order valence-electron chi connectivity index (χ3n) is 4.72. The summed E-state index contributed by atoms with van der Waals surface area (Å²) in [5.41, 5.74) is 0. The molecule has 0 saturated carbocycles. The van der Waals surface area contributed by atoms with E-state index in [1.54, 1.807) is 0 Å². The number of hydrogen-bond acceptors (Lipinski definition) is 5. The number of rotatable bonds is 4. The molecule has 1 atom stereocenters. The minimum atomic E-state index is -0.351. The monoisotopic (exact) mass is 360 g/mol. The van der Waals surface area contributed by atoms with E-state index in [-0.39, 0.29) is 24.3 Å². The average Bonchev–Trinajstić information content (AvgIpc) is 2.48. The summed E-state index contributed by atoms with van der Waals surface area (Å²) in [6.45, 7) is 5.67. The van der Waals surface area contributed by atoms with Crippen molar-refractivity contribution in [1.82, 2.24) is 20.4 Å². The molecule has 0 radical (unpaired) electrons. The van der Waals surface area contributed by atoms with Crippen molar-refractivity contribution in [3.05, 3.63) is 21.9 Å². The SMILES string of the molecule is O=C(CNC1CC(Cl)=C(Cl)C=C1O)N1CCN(C2CNC2)CC1. The van der Waals surface area contributed by atoms with Gasteiger partial charge in [0.2, 0.25) is 5.91 Å². The average molecular weight is 361 g/mol. The molecule has 23 heavy (non-hydrogen) atoms. The summed E-state index contributed by atoms with van der Waals surface area (Å²) in [6.07, 6.45) is 1.83. The largest absolute Gasteiger partial charge is 0.511 e. The molecule has 0 aromatic heterocycles. The number of aliphatic hydroxyl groups excluding tert-OH is 1. The van der Waals surface area contributed by atoms with Crippen LogP contribution >= 0.6 is 23.2 Å². The van der Waals surface area contributed by atoms with Crippen LogP contribution in [0.4, 0.5) is 0 Å². The van der Waals surface area contributed by atoms with Gasteiger partial charge in [0.05, 0.1) is 17.6 Å². The van der Waals surface area contributed by atoms with E-state index in [4.69, 9.17) is 23.2 Å². The van der Waals surface area contributed by atoms with E-state index in [1.807, 2.05) is 4.90 Å². The zero-order valence-electron chi connectivity index (χ0n) is 12.9. The Hall–Kier alpha value is -0.790. The van der Waals surface area contributed by atoms with Crippen molar-refractivity contribution in [3.63, 3.8) is 0 Å². The van der Waals surface area contributed by atoms with Gasteiger partial charge in [0, 0.05) is 56.8 Å². The van der Waals surface area contributed by atoms with Crippen molar-refractivity contribution >= 4 is 29.1 Å². The Bertz CT molecular complexity index is 526. The number of halogens is 2. The number of hydrogen-bond donors (Lipinski definition) is 3. The van der Waals surface area contributed by atoms with Gasteiger partial charge in [-0.05, 0) is 6.08 Å². The fraction of sp³-hybridized carbons (Fsp3) is 0.667. The van der Waals surface area contributed by atoms with E-state index in [9.17, 15) is 9.90 Å². The predicted molar refractivity (Wildman–Crippen MR) is 90.7 cm³/mol. The summed E-state index contributed by atoms with van der Waals surface area (Å²) in [5.74, 6) is 0.176. The van der Waals surface area contributed by atoms with Crippen LogP contribution in [0.25, 0.3) is 0 Å². The highest BCUT2D eigenvalue weighted by Gasteiger charge is 2.29. The van der Waals surface area contributed by atoms with Crippen LogP contribution in [0.2, 0.25) is 0 Å². The van der Waals surface area contributed by atoms with E-state index in [0.717, 1.165) is 39.3 Å². The Morgan fingerprint density at radius 2 is 2.00 bits per heavy atom. The number of amides is 1. The fourth-order valence-electron chi connectivity index (χ4n) is 3.06. The summed E-state index contributed by atoms with van der Waals surface area (Å²) >= 11 is 11.9. The Balaban J connectivity index is 1.43. The predicted octanol–water partition coefficient (Wildman–Crippen LogP) is 0.595. The molecule has 2 aliphatic heterocycles. The van der Waals surface area contributed by atoms with Crippen LogP contribution in [0.3, 0.4) is 0 Å². The first-order chi connectivity index (χ1) is 11.0. The molecule has 0 aromatic carbocycles. The van der Waals surface area contributed by atoms with Gasteiger partial charge >= 0.3 is 0 Å². The number of nitrogens with one attached hydrogen (secondary N) is 2. The second-order valence-electron chi connectivity index (χ2n) is 6.19. The maximum Gasteiger partial charge on any atom is 0.236 e. The molecule has 2 heterocycles. The van der Waals surface area contributed by atoms with Crippen LogP contribution in [0.5, 0.6) is 0 Å². The lowest BCUT2D eigenvalue weighted by molar-refractivity contribution is -0.132. The van der Waals surface area contributed by atoms with Crippen LogP contribution in [0, 0.1) is 0 Å². The molecule has 3 rings (SSSR count). The van der Waals surface area contributed by atoms with Gasteiger partial charge in [-0.3, -0.25) is 15.0 Å². The first kappa shape index (κ1) is 17.0. The first-order valence-electron chi connectivity index (χ1n) is 7.95. The molecular weight excluding hydrogens is 339 g/mol. The summed E-state index contributed by atoms with van der Waals surface area (Å²) in [7, 11) is 0. The summed E-state index contributed by atoms with van der Waals surface area (Å²) in [5, 5.41) is 17.1. The lowest BCUT2D eigenvalue weighted by atomic mass is 10.1. The molecule has 6 nitrogen and oxygen atoms in total. The lowest BCUT2D eigenvalue weighted by Crippen LogP contribution is -2.62. The van der Waals surface area contributed by atoms with E-state index >= 15 is 0 Å². The lowest BCUT2D eigenvalue weighted by Gasteiger charge is -2.43. The van der Waals surface area contributed by atoms with Crippen LogP contribution in [0.15, 0.2) is 21.9 Å². The number of carbonyl (C=O) groups excluding carboxylic acids is 1. The Morgan fingerprint density at radius 3 is 2.61 bits per heavy atom. The Kier molecular flexibility index (Phi) is 5.49. The molecule has 3 aliphatic rings. The topological polar surface area (TPSA) is 67.8 Å². The van der Waals surface area contributed by atoms with E-state index in [1.165, 1.54) is 6.08 Å². The van der Waals surface area contributed by atoms with Crippen LogP contribution in [0.1, 0.15) is 6.42 Å². The normalized spacial score (nSPS) is 27.0. The minimum absolute atomic E-state index is 0.0564. The second-order valence-corrected chi connectivity index (χ2v) is 7.05. The summed E-state index contributed by atoms with van der Waals surface area (Å²) in [6, 6.07) is 0.282. The second kappa shape index (κ2) is 7.40. The molecule has 0 bridgehead atoms. The smallest absolute Gasteiger partial charge is 0.236 e. The number of nitrogens with zero attached hydrogens (tertiary/aromatic N) is 2. The van der Waals surface area contributed by atoms with Crippen molar-refractivity contribution < 1.29 is 9.90 Å². The molecule has 1 unspecified atom stereocenters. The third-order valence-corrected chi connectivity index (χ3v) is 5.51. The highest BCUT2D eigenvalue weighted by atomic mass is 35.5. The zero-order valence-corrected chi connectivity index (χ0v) is 14.4. The molecule has 2 saturated heterocycles. The molecule has 8 heteroatoms. The number of carbonyl (C=O) groups is 1. The Labute approximate surface area is 146 Å². The van der Waals surface area contributed by atoms with Gasteiger partial charge in [0.15, 0.2) is 0 Å². The molecule has 3 N–H and O–H groups in total. The quantitative estimate of drug-likeness (QED) is 0.684. The van der Waals surface area contributed by atoms with Gasteiger partial charge in [-0.25, -0.2) is 0 Å². The zero-order chi connectivity index (χ0) is 16.4. The van der Waals surface area contributed by atoms with Gasteiger partial charge in [0.25, 0.3) is 0 Å². The Morgan fingerprint density at radius 1 is 1.30 bits per heavy atom. The molecular formula is C15H22Cl2N4O2. The van der Waals surface area contributed by atoms with Gasteiger partial charge in [0.1, 0.15) is 5.76 Å². The number of allylic oxidation sites excluding steroid dienone is 2. The van der Waals surface area contributed by atoms with Crippen molar-refractivity contribution in [2.75, 3.05) is 45.8 Å². The van der Waals surface area contributed by atoms with Crippen molar-refractivity contribution in [2.24, 2.45) is 0 Å².